The summed E-state index contributed by atoms with van der Waals surface area (Å²) in [4.78, 5) is 16.9. The van der Waals surface area contributed by atoms with E-state index in [1.54, 1.807) is 11.3 Å². The number of thiophene rings is 1. The molecule has 0 bridgehead atoms. The fourth-order valence-corrected chi connectivity index (χ4v) is 5.86. The van der Waals surface area contributed by atoms with Crippen LogP contribution in [0.25, 0.3) is 0 Å². The Morgan fingerprint density at radius 3 is 2.69 bits per heavy atom. The van der Waals surface area contributed by atoms with Crippen molar-refractivity contribution in [1.29, 1.82) is 0 Å². The average molecular weight is 500 g/mol. The smallest absolute Gasteiger partial charge is 0.230 e. The van der Waals surface area contributed by atoms with E-state index in [1.807, 2.05) is 4.90 Å². The van der Waals surface area contributed by atoms with E-state index in [4.69, 9.17) is 9.47 Å². The van der Waals surface area contributed by atoms with Crippen LogP contribution in [-0.2, 0) is 14.3 Å². The molecular formula is C29H41NO4S. The number of amides is 1. The van der Waals surface area contributed by atoms with Gasteiger partial charge in [0, 0.05) is 29.4 Å². The Hall–Kier alpha value is -1.65. The van der Waals surface area contributed by atoms with Gasteiger partial charge in [0.25, 0.3) is 0 Å². The van der Waals surface area contributed by atoms with Gasteiger partial charge in [-0.05, 0) is 85.1 Å². The lowest BCUT2D eigenvalue weighted by Gasteiger charge is -2.42. The molecule has 0 radical (unpaired) electrons. The van der Waals surface area contributed by atoms with Crippen molar-refractivity contribution in [3.05, 3.63) is 28.0 Å². The monoisotopic (exact) mass is 499 g/mol. The van der Waals surface area contributed by atoms with Crippen molar-refractivity contribution < 1.29 is 19.4 Å². The first kappa shape index (κ1) is 26.4. The van der Waals surface area contributed by atoms with Crippen LogP contribution in [0, 0.1) is 23.2 Å². The molecule has 1 saturated carbocycles. The van der Waals surface area contributed by atoms with Gasteiger partial charge in [0.05, 0.1) is 35.5 Å². The maximum Gasteiger partial charge on any atom is 0.230 e. The van der Waals surface area contributed by atoms with Gasteiger partial charge in [-0.25, -0.2) is 0 Å². The zero-order valence-electron chi connectivity index (χ0n) is 21.8. The third-order valence-corrected chi connectivity index (χ3v) is 8.21. The molecule has 6 heteroatoms. The van der Waals surface area contributed by atoms with Crippen LogP contribution in [-0.4, -0.2) is 48.6 Å². The van der Waals surface area contributed by atoms with Gasteiger partial charge >= 0.3 is 0 Å². The predicted molar refractivity (Wildman–Crippen MR) is 142 cm³/mol. The quantitative estimate of drug-likeness (QED) is 0.403. The molecule has 1 saturated heterocycles. The molecule has 2 atom stereocenters. The van der Waals surface area contributed by atoms with Crippen LogP contribution in [0.1, 0.15) is 83.9 Å². The Bertz CT molecular complexity index is 965. The summed E-state index contributed by atoms with van der Waals surface area (Å²) < 4.78 is 11.4. The van der Waals surface area contributed by atoms with Gasteiger partial charge in [-0.15, -0.1) is 11.3 Å². The van der Waals surface area contributed by atoms with Crippen molar-refractivity contribution in [2.24, 2.45) is 11.3 Å². The number of ether oxygens (including phenoxy) is 2. The molecule has 192 valence electrons. The highest BCUT2D eigenvalue weighted by Gasteiger charge is 2.39. The average Bonchev–Trinajstić information content (AvgIpc) is 3.50. The molecule has 1 aromatic rings. The molecule has 4 rings (SSSR count). The van der Waals surface area contributed by atoms with Crippen molar-refractivity contribution in [2.45, 2.75) is 96.8 Å². The van der Waals surface area contributed by atoms with Crippen LogP contribution in [0.4, 0.5) is 5.69 Å². The summed E-state index contributed by atoms with van der Waals surface area (Å²) in [6, 6.07) is 2.16. The minimum absolute atomic E-state index is 0.0224. The van der Waals surface area contributed by atoms with E-state index in [0.717, 1.165) is 55.7 Å². The lowest BCUT2D eigenvalue weighted by Crippen LogP contribution is -2.50. The molecule has 0 spiro atoms. The fourth-order valence-electron chi connectivity index (χ4n) is 5.13. The van der Waals surface area contributed by atoms with Crippen molar-refractivity contribution in [3.8, 4) is 11.8 Å². The number of hydrogen-bond acceptors (Lipinski definition) is 5. The summed E-state index contributed by atoms with van der Waals surface area (Å²) in [5, 5.41) is 13.3. The molecule has 3 aliphatic rings. The van der Waals surface area contributed by atoms with Gasteiger partial charge in [0.15, 0.2) is 0 Å². The third-order valence-electron chi connectivity index (χ3n) is 7.38. The lowest BCUT2D eigenvalue weighted by atomic mass is 9.81. The highest BCUT2D eigenvalue weighted by molar-refractivity contribution is 7.11. The number of hydrogen-bond donors (Lipinski definition) is 1. The number of rotatable bonds is 6. The van der Waals surface area contributed by atoms with E-state index in [-0.39, 0.29) is 29.4 Å². The van der Waals surface area contributed by atoms with E-state index in [9.17, 15) is 9.90 Å². The Kier molecular flexibility index (Phi) is 8.43. The molecule has 5 nitrogen and oxygen atoms in total. The Morgan fingerprint density at radius 2 is 2.06 bits per heavy atom. The molecule has 1 N–H and O–H groups in total. The van der Waals surface area contributed by atoms with Crippen molar-refractivity contribution in [1.82, 2.24) is 0 Å². The molecular weight excluding hydrogens is 458 g/mol. The second-order valence-electron chi connectivity index (χ2n) is 11.7. The van der Waals surface area contributed by atoms with Crippen molar-refractivity contribution >= 4 is 22.9 Å². The summed E-state index contributed by atoms with van der Waals surface area (Å²) in [5.41, 5.74) is 1.45. The van der Waals surface area contributed by atoms with E-state index < -0.39 is 5.60 Å². The third kappa shape index (κ3) is 7.20. The van der Waals surface area contributed by atoms with E-state index >= 15 is 0 Å². The number of allylic oxidation sites excluding steroid dienone is 2. The maximum absolute atomic E-state index is 13.9. The second-order valence-corrected chi connectivity index (χ2v) is 12.6. The minimum Gasteiger partial charge on any atom is -0.387 e. The van der Waals surface area contributed by atoms with Crippen LogP contribution >= 0.6 is 11.3 Å². The number of carbonyl (C=O) groups excluding carboxylic acids is 1. The Morgan fingerprint density at radius 1 is 1.29 bits per heavy atom. The number of anilines is 1. The molecule has 1 aliphatic heterocycles. The lowest BCUT2D eigenvalue weighted by molar-refractivity contribution is -0.124. The largest absolute Gasteiger partial charge is 0.387 e. The van der Waals surface area contributed by atoms with Crippen LogP contribution in [0.2, 0.25) is 0 Å². The Labute approximate surface area is 214 Å². The molecule has 0 unspecified atom stereocenters. The molecule has 0 aromatic carbocycles. The second kappa shape index (κ2) is 11.2. The first-order chi connectivity index (χ1) is 16.6. The zero-order valence-corrected chi connectivity index (χ0v) is 22.6. The molecule has 2 heterocycles. The van der Waals surface area contributed by atoms with Crippen LogP contribution in [0.5, 0.6) is 0 Å². The van der Waals surface area contributed by atoms with E-state index in [0.29, 0.717) is 26.1 Å². The first-order valence-electron chi connectivity index (χ1n) is 13.1. The Balaban J connectivity index is 1.48. The standard InChI is InChI=1S/C29H41NO4S/c1-21-5-7-22(8-6-21)27(31)30(24-17-26(35-19-24)11-13-28(2,3)4)23-9-14-29(32,15-10-23)20-34-25-12-16-33-18-25/h5,17,19,22-23,25,32H,6-10,12,14-16,18,20H2,1-4H3/t22-,23-,25-,29+/m0/s1. The summed E-state index contributed by atoms with van der Waals surface area (Å²) >= 11 is 1.61. The van der Waals surface area contributed by atoms with Crippen LogP contribution in [0.15, 0.2) is 23.1 Å². The van der Waals surface area contributed by atoms with Crippen LogP contribution in [0.3, 0.4) is 0 Å². The van der Waals surface area contributed by atoms with Crippen molar-refractivity contribution in [3.63, 3.8) is 0 Å². The number of nitrogens with zero attached hydrogens (tertiary/aromatic N) is 1. The van der Waals surface area contributed by atoms with Crippen LogP contribution < -0.4 is 4.90 Å². The topological polar surface area (TPSA) is 59.0 Å². The highest BCUT2D eigenvalue weighted by atomic mass is 32.1. The van der Waals surface area contributed by atoms with E-state index in [1.165, 1.54) is 5.57 Å². The summed E-state index contributed by atoms with van der Waals surface area (Å²) in [7, 11) is 0. The minimum atomic E-state index is -0.823. The van der Waals surface area contributed by atoms with Crippen molar-refractivity contribution in [2.75, 3.05) is 24.7 Å². The zero-order chi connectivity index (χ0) is 25.1. The summed E-state index contributed by atoms with van der Waals surface area (Å²) in [6.45, 7) is 10.2. The number of aliphatic hydroxyl groups is 1. The molecule has 2 fully saturated rings. The van der Waals surface area contributed by atoms with Gasteiger partial charge in [-0.3, -0.25) is 4.79 Å². The van der Waals surface area contributed by atoms with E-state index in [2.05, 4.69) is 57.1 Å². The summed E-state index contributed by atoms with van der Waals surface area (Å²) in [6.07, 6.45) is 8.75. The van der Waals surface area contributed by atoms with Gasteiger partial charge in [0.1, 0.15) is 0 Å². The maximum atomic E-state index is 13.9. The van der Waals surface area contributed by atoms with Gasteiger partial charge in [-0.2, -0.15) is 0 Å². The fraction of sp³-hybridized carbons (Fsp3) is 0.690. The normalized spacial score (nSPS) is 29.3. The SMILES string of the molecule is CC1=CC[C@H](C(=O)N(c2csc(C#CC(C)(C)C)c2)[C@H]2CC[C@](O)(CO[C@H]3CCOC3)CC2)CC1. The molecule has 2 aliphatic carbocycles. The van der Waals surface area contributed by atoms with Gasteiger partial charge in [0.2, 0.25) is 5.91 Å². The van der Waals surface area contributed by atoms with Gasteiger partial charge in [-0.1, -0.05) is 23.5 Å². The predicted octanol–water partition coefficient (Wildman–Crippen LogP) is 5.70. The molecule has 1 aromatic heterocycles. The molecule has 35 heavy (non-hydrogen) atoms. The summed E-state index contributed by atoms with van der Waals surface area (Å²) in [5.74, 6) is 6.85. The highest BCUT2D eigenvalue weighted by Crippen LogP contribution is 2.37. The number of carbonyl (C=O) groups is 1. The first-order valence-corrected chi connectivity index (χ1v) is 14.0. The molecule has 1 amide bonds. The van der Waals surface area contributed by atoms with Gasteiger partial charge < -0.3 is 19.5 Å².